The van der Waals surface area contributed by atoms with Crippen LogP contribution in [0, 0.1) is 0 Å². The number of rotatable bonds is 4. The van der Waals surface area contributed by atoms with Crippen molar-refractivity contribution in [3.8, 4) is 0 Å². The smallest absolute Gasteiger partial charge is 0.0687 e. The molecule has 0 aromatic heterocycles. The Morgan fingerprint density at radius 2 is 2.00 bits per heavy atom. The third-order valence-corrected chi connectivity index (χ3v) is 4.88. The lowest BCUT2D eigenvalue weighted by Crippen LogP contribution is -2.31. The second kappa shape index (κ2) is 5.73. The lowest BCUT2D eigenvalue weighted by molar-refractivity contribution is -0.0660. The van der Waals surface area contributed by atoms with E-state index in [9.17, 15) is 0 Å². The van der Waals surface area contributed by atoms with Crippen molar-refractivity contribution in [3.63, 3.8) is 0 Å². The zero-order chi connectivity index (χ0) is 11.4. The number of halogens is 1. The van der Waals surface area contributed by atoms with Gasteiger partial charge in [-0.3, -0.25) is 0 Å². The molecule has 1 spiro atoms. The van der Waals surface area contributed by atoms with Crippen molar-refractivity contribution >= 4 is 11.6 Å². The van der Waals surface area contributed by atoms with Gasteiger partial charge in [-0.1, -0.05) is 26.2 Å². The fourth-order valence-corrected chi connectivity index (χ4v) is 3.36. The van der Waals surface area contributed by atoms with E-state index in [-0.39, 0.29) is 5.60 Å². The molecule has 2 rings (SSSR count). The molecule has 1 aliphatic heterocycles. The molecule has 2 unspecified atom stereocenters. The molecule has 94 valence electrons. The van der Waals surface area contributed by atoms with Gasteiger partial charge in [0, 0.05) is 5.38 Å². The highest BCUT2D eigenvalue weighted by atomic mass is 35.5. The van der Waals surface area contributed by atoms with Gasteiger partial charge in [-0.2, -0.15) is 0 Å². The van der Waals surface area contributed by atoms with Crippen molar-refractivity contribution in [3.05, 3.63) is 0 Å². The fraction of sp³-hybridized carbons (Fsp3) is 1.00. The molecule has 1 heterocycles. The molecule has 0 aromatic carbocycles. The van der Waals surface area contributed by atoms with Gasteiger partial charge in [0.1, 0.15) is 0 Å². The number of hydrogen-bond donors (Lipinski definition) is 0. The van der Waals surface area contributed by atoms with E-state index in [1.54, 1.807) is 0 Å². The highest BCUT2D eigenvalue weighted by Crippen LogP contribution is 2.43. The molecule has 2 heteroatoms. The monoisotopic (exact) mass is 244 g/mol. The molecule has 0 radical (unpaired) electrons. The third kappa shape index (κ3) is 3.13. The van der Waals surface area contributed by atoms with Crippen LogP contribution in [0.3, 0.4) is 0 Å². The van der Waals surface area contributed by atoms with Crippen LogP contribution in [0.5, 0.6) is 0 Å². The summed E-state index contributed by atoms with van der Waals surface area (Å²) in [6.07, 6.45) is 13.2. The molecule has 1 nitrogen and oxygen atoms in total. The van der Waals surface area contributed by atoms with Crippen LogP contribution >= 0.6 is 11.6 Å². The molecule has 0 N–H and O–H groups in total. The Bertz CT molecular complexity index is 211. The van der Waals surface area contributed by atoms with E-state index in [0.29, 0.717) is 11.5 Å². The van der Waals surface area contributed by atoms with E-state index in [4.69, 9.17) is 16.3 Å². The molecular weight excluding hydrogens is 220 g/mol. The minimum Gasteiger partial charge on any atom is -0.372 e. The van der Waals surface area contributed by atoms with Crippen molar-refractivity contribution < 1.29 is 4.74 Å². The van der Waals surface area contributed by atoms with E-state index >= 15 is 0 Å². The minimum absolute atomic E-state index is 0.289. The SMILES string of the molecule is CCC(Cl)CCC1CCC2(CCCCC2)O1. The van der Waals surface area contributed by atoms with Crippen molar-refractivity contribution in [1.29, 1.82) is 0 Å². The van der Waals surface area contributed by atoms with Gasteiger partial charge in [0.15, 0.2) is 0 Å². The first-order valence-electron chi connectivity index (χ1n) is 7.06. The first-order valence-corrected chi connectivity index (χ1v) is 7.50. The predicted molar refractivity (Wildman–Crippen MR) is 69.1 cm³/mol. The number of ether oxygens (including phenoxy) is 1. The van der Waals surface area contributed by atoms with E-state index in [1.807, 2.05) is 0 Å². The Kier molecular flexibility index (Phi) is 4.55. The summed E-state index contributed by atoms with van der Waals surface area (Å²) >= 11 is 6.17. The van der Waals surface area contributed by atoms with Gasteiger partial charge in [0.2, 0.25) is 0 Å². The van der Waals surface area contributed by atoms with Crippen LogP contribution in [0.1, 0.15) is 71.1 Å². The maximum atomic E-state index is 6.33. The van der Waals surface area contributed by atoms with Gasteiger partial charge < -0.3 is 4.74 Å². The summed E-state index contributed by atoms with van der Waals surface area (Å²) in [5, 5.41) is 0.353. The highest BCUT2D eigenvalue weighted by molar-refractivity contribution is 6.20. The van der Waals surface area contributed by atoms with E-state index in [0.717, 1.165) is 12.8 Å². The van der Waals surface area contributed by atoms with Gasteiger partial charge in [0.25, 0.3) is 0 Å². The van der Waals surface area contributed by atoms with Crippen molar-refractivity contribution in [2.75, 3.05) is 0 Å². The predicted octanol–water partition coefficient (Wildman–Crippen LogP) is 4.67. The lowest BCUT2D eigenvalue weighted by Gasteiger charge is -2.33. The second-order valence-electron chi connectivity index (χ2n) is 5.61. The number of hydrogen-bond acceptors (Lipinski definition) is 1. The summed E-state index contributed by atoms with van der Waals surface area (Å²) in [4.78, 5) is 0. The van der Waals surface area contributed by atoms with Crippen LogP contribution in [0.2, 0.25) is 0 Å². The Labute approximate surface area is 105 Å². The normalized spacial score (nSPS) is 30.8. The van der Waals surface area contributed by atoms with Crippen LogP contribution in [0.25, 0.3) is 0 Å². The zero-order valence-corrected chi connectivity index (χ0v) is 11.3. The summed E-state index contributed by atoms with van der Waals surface area (Å²) in [6.45, 7) is 2.16. The van der Waals surface area contributed by atoms with Gasteiger partial charge in [-0.25, -0.2) is 0 Å². The molecule has 2 atom stereocenters. The molecule has 0 amide bonds. The van der Waals surface area contributed by atoms with Crippen LogP contribution in [-0.2, 0) is 4.74 Å². The fourth-order valence-electron chi connectivity index (χ4n) is 3.23. The maximum Gasteiger partial charge on any atom is 0.0687 e. The highest BCUT2D eigenvalue weighted by Gasteiger charge is 2.40. The maximum absolute atomic E-state index is 6.33. The standard InChI is InChI=1S/C14H25ClO/c1-2-12(15)6-7-13-8-11-14(16-13)9-4-3-5-10-14/h12-13H,2-11H2,1H3. The van der Waals surface area contributed by atoms with Gasteiger partial charge in [-0.15, -0.1) is 11.6 Å². The molecule has 16 heavy (non-hydrogen) atoms. The topological polar surface area (TPSA) is 9.23 Å². The van der Waals surface area contributed by atoms with Crippen molar-refractivity contribution in [2.24, 2.45) is 0 Å². The Morgan fingerprint density at radius 1 is 1.25 bits per heavy atom. The minimum atomic E-state index is 0.289. The molecule has 1 saturated carbocycles. The van der Waals surface area contributed by atoms with Crippen LogP contribution in [-0.4, -0.2) is 17.1 Å². The first-order chi connectivity index (χ1) is 7.74. The zero-order valence-electron chi connectivity index (χ0n) is 10.5. The molecule has 0 bridgehead atoms. The molecule has 1 saturated heterocycles. The summed E-state index contributed by atoms with van der Waals surface area (Å²) in [6, 6.07) is 0. The second-order valence-corrected chi connectivity index (χ2v) is 6.22. The summed E-state index contributed by atoms with van der Waals surface area (Å²) in [5.74, 6) is 0. The Hall–Kier alpha value is 0.250. The third-order valence-electron chi connectivity index (χ3n) is 4.35. The van der Waals surface area contributed by atoms with Gasteiger partial charge in [0.05, 0.1) is 11.7 Å². The average molecular weight is 245 g/mol. The Morgan fingerprint density at radius 3 is 2.69 bits per heavy atom. The lowest BCUT2D eigenvalue weighted by atomic mass is 9.83. The quantitative estimate of drug-likeness (QED) is 0.654. The van der Waals surface area contributed by atoms with Crippen LogP contribution < -0.4 is 0 Å². The van der Waals surface area contributed by atoms with E-state index < -0.39 is 0 Å². The Balaban J connectivity index is 1.74. The molecule has 2 aliphatic rings. The largest absolute Gasteiger partial charge is 0.372 e. The van der Waals surface area contributed by atoms with Crippen molar-refractivity contribution in [2.45, 2.75) is 88.2 Å². The first kappa shape index (κ1) is 12.7. The average Bonchev–Trinajstić information content (AvgIpc) is 2.70. The number of alkyl halides is 1. The summed E-state index contributed by atoms with van der Waals surface area (Å²) < 4.78 is 6.33. The van der Waals surface area contributed by atoms with Crippen molar-refractivity contribution in [1.82, 2.24) is 0 Å². The molecular formula is C14H25ClO. The summed E-state index contributed by atoms with van der Waals surface area (Å²) in [5.41, 5.74) is 0.289. The van der Waals surface area contributed by atoms with Gasteiger partial charge >= 0.3 is 0 Å². The summed E-state index contributed by atoms with van der Waals surface area (Å²) in [7, 11) is 0. The van der Waals surface area contributed by atoms with E-state index in [1.165, 1.54) is 51.4 Å². The molecule has 2 fully saturated rings. The molecule has 1 aliphatic carbocycles. The van der Waals surface area contributed by atoms with Gasteiger partial charge in [-0.05, 0) is 44.9 Å². The van der Waals surface area contributed by atoms with E-state index in [2.05, 4.69) is 6.92 Å². The van der Waals surface area contributed by atoms with Crippen LogP contribution in [0.15, 0.2) is 0 Å². The molecule has 0 aromatic rings. The van der Waals surface area contributed by atoms with Crippen LogP contribution in [0.4, 0.5) is 0 Å².